The smallest absolute Gasteiger partial charge is 0.337 e. The van der Waals surface area contributed by atoms with Crippen LogP contribution in [0.5, 0.6) is 11.5 Å². The molecule has 4 heterocycles. The predicted octanol–water partition coefficient (Wildman–Crippen LogP) is 5.66. The number of benzene rings is 3. The Kier molecular flexibility index (Phi) is 7.32. The number of hydrogen-bond donors (Lipinski definition) is 1. The Hall–Kier alpha value is -3.96. The van der Waals surface area contributed by atoms with Gasteiger partial charge in [0, 0.05) is 30.7 Å². The Bertz CT molecular complexity index is 1800. The molecule has 3 atom stereocenters. The molecule has 1 N–H and O–H groups in total. The summed E-state index contributed by atoms with van der Waals surface area (Å²) in [4.78, 5) is 19.0. The Morgan fingerprint density at radius 1 is 1.20 bits per heavy atom. The molecule has 1 aromatic heterocycles. The number of carbonyl (C=O) groups is 1. The topological polar surface area (TPSA) is 95.3 Å². The van der Waals surface area contributed by atoms with Gasteiger partial charge in [-0.05, 0) is 67.0 Å². The fourth-order valence-corrected chi connectivity index (χ4v) is 6.22. The molecule has 4 aromatic rings. The number of aliphatic hydroxyl groups excluding tert-OH is 1. The molecule has 0 aliphatic carbocycles. The quantitative estimate of drug-likeness (QED) is 0.265. The summed E-state index contributed by atoms with van der Waals surface area (Å²) in [5, 5.41) is 11.6. The van der Waals surface area contributed by atoms with Crippen LogP contribution in [0, 0.1) is 5.82 Å². The van der Waals surface area contributed by atoms with Crippen molar-refractivity contribution in [3.05, 3.63) is 94.0 Å². The first-order valence-corrected chi connectivity index (χ1v) is 14.9. The van der Waals surface area contributed by atoms with Gasteiger partial charge in [-0.2, -0.15) is 0 Å². The molecular formula is C33H31ClFN3O6. The van der Waals surface area contributed by atoms with Gasteiger partial charge in [-0.1, -0.05) is 23.7 Å². The summed E-state index contributed by atoms with van der Waals surface area (Å²) in [5.41, 5.74) is 3.94. The van der Waals surface area contributed by atoms with Crippen molar-refractivity contribution < 1.29 is 33.2 Å². The van der Waals surface area contributed by atoms with E-state index in [1.165, 1.54) is 13.2 Å². The highest BCUT2D eigenvalue weighted by atomic mass is 35.5. The van der Waals surface area contributed by atoms with Crippen LogP contribution in [0.3, 0.4) is 0 Å². The van der Waals surface area contributed by atoms with Crippen molar-refractivity contribution in [2.45, 2.75) is 51.0 Å². The number of fused-ring (bicyclic) bond motifs is 2. The summed E-state index contributed by atoms with van der Waals surface area (Å²) < 4.78 is 39.9. The second kappa shape index (κ2) is 11.2. The molecule has 9 nitrogen and oxygen atoms in total. The molecule has 0 radical (unpaired) electrons. The van der Waals surface area contributed by atoms with E-state index in [9.17, 15) is 14.3 Å². The molecule has 0 bridgehead atoms. The molecule has 7 rings (SSSR count). The number of nitrogens with zero attached hydrogens (tertiary/aromatic N) is 3. The number of imidazole rings is 1. The number of halogens is 2. The Labute approximate surface area is 258 Å². The van der Waals surface area contributed by atoms with Crippen molar-refractivity contribution in [1.82, 2.24) is 14.5 Å². The maximum atomic E-state index is 14.8. The van der Waals surface area contributed by atoms with E-state index in [-0.39, 0.29) is 16.7 Å². The second-order valence-electron chi connectivity index (χ2n) is 11.3. The van der Waals surface area contributed by atoms with Crippen LogP contribution in [0.25, 0.3) is 16.6 Å². The van der Waals surface area contributed by atoms with Gasteiger partial charge in [0.15, 0.2) is 11.5 Å². The Morgan fingerprint density at radius 3 is 2.77 bits per heavy atom. The molecule has 3 aliphatic heterocycles. The highest BCUT2D eigenvalue weighted by Gasteiger charge is 2.42. The lowest BCUT2D eigenvalue weighted by Gasteiger charge is -2.32. The summed E-state index contributed by atoms with van der Waals surface area (Å²) in [6.45, 7) is 3.94. The van der Waals surface area contributed by atoms with Gasteiger partial charge in [0.2, 0.25) is 0 Å². The second-order valence-corrected chi connectivity index (χ2v) is 11.8. The molecule has 0 saturated carbocycles. The Morgan fingerprint density at radius 2 is 2.05 bits per heavy atom. The van der Waals surface area contributed by atoms with E-state index in [2.05, 4.69) is 4.57 Å². The number of esters is 1. The zero-order valence-corrected chi connectivity index (χ0v) is 25.0. The molecule has 0 spiro atoms. The van der Waals surface area contributed by atoms with Crippen molar-refractivity contribution in [2.24, 2.45) is 0 Å². The monoisotopic (exact) mass is 619 g/mol. The van der Waals surface area contributed by atoms with Gasteiger partial charge in [-0.15, -0.1) is 0 Å². The molecule has 11 heteroatoms. The van der Waals surface area contributed by atoms with Crippen LogP contribution in [0.2, 0.25) is 5.02 Å². The lowest BCUT2D eigenvalue weighted by Crippen LogP contribution is -2.38. The molecule has 3 aliphatic rings. The minimum atomic E-state index is -1.37. The SMILES string of the molecule is COC(=O)c1ccc2nc(CN3CCC(c4cccc5c4OC(C)(c4ccc(Cl)cc4F)O5)=CC3O)n(C[C@@H]3CCO3)c2c1. The first-order valence-electron chi connectivity index (χ1n) is 14.5. The highest BCUT2D eigenvalue weighted by Crippen LogP contribution is 2.49. The van der Waals surface area contributed by atoms with E-state index in [4.69, 9.17) is 35.5 Å². The lowest BCUT2D eigenvalue weighted by atomic mass is 9.97. The molecule has 2 unspecified atom stereocenters. The summed E-state index contributed by atoms with van der Waals surface area (Å²) in [6.07, 6.45) is 2.56. The normalized spacial score (nSPS) is 23.0. The van der Waals surface area contributed by atoms with Crippen molar-refractivity contribution >= 4 is 34.2 Å². The van der Waals surface area contributed by atoms with Gasteiger partial charge >= 0.3 is 5.97 Å². The minimum Gasteiger partial charge on any atom is -0.465 e. The van der Waals surface area contributed by atoms with Crippen molar-refractivity contribution in [3.63, 3.8) is 0 Å². The van der Waals surface area contributed by atoms with Crippen LogP contribution >= 0.6 is 11.6 Å². The van der Waals surface area contributed by atoms with Gasteiger partial charge in [0.25, 0.3) is 5.79 Å². The number of hydrogen-bond acceptors (Lipinski definition) is 8. The maximum Gasteiger partial charge on any atom is 0.337 e. The van der Waals surface area contributed by atoms with Gasteiger partial charge in [-0.3, -0.25) is 4.90 Å². The number of aromatic nitrogens is 2. The number of ether oxygens (including phenoxy) is 4. The van der Waals surface area contributed by atoms with Gasteiger partial charge in [0.1, 0.15) is 17.9 Å². The summed E-state index contributed by atoms with van der Waals surface area (Å²) in [7, 11) is 1.36. The fraction of sp³-hybridized carbons (Fsp3) is 0.333. The number of para-hydroxylation sites is 1. The third-order valence-electron chi connectivity index (χ3n) is 8.51. The van der Waals surface area contributed by atoms with E-state index in [1.54, 1.807) is 43.3 Å². The van der Waals surface area contributed by atoms with E-state index in [0.717, 1.165) is 41.0 Å². The molecule has 3 aromatic carbocycles. The number of aliphatic hydroxyl groups is 1. The van der Waals surface area contributed by atoms with E-state index in [0.29, 0.717) is 43.1 Å². The summed E-state index contributed by atoms with van der Waals surface area (Å²) >= 11 is 5.96. The fourth-order valence-electron chi connectivity index (χ4n) is 6.07. The number of rotatable bonds is 7. The van der Waals surface area contributed by atoms with Crippen molar-refractivity contribution in [1.29, 1.82) is 0 Å². The van der Waals surface area contributed by atoms with Crippen LogP contribution < -0.4 is 9.47 Å². The average molecular weight is 620 g/mol. The third kappa shape index (κ3) is 5.11. The van der Waals surface area contributed by atoms with Crippen LogP contribution in [-0.4, -0.2) is 58.1 Å². The van der Waals surface area contributed by atoms with E-state index in [1.807, 2.05) is 23.1 Å². The van der Waals surface area contributed by atoms with Gasteiger partial charge in [0.05, 0.1) is 48.5 Å². The van der Waals surface area contributed by atoms with E-state index >= 15 is 0 Å². The first-order chi connectivity index (χ1) is 21.2. The molecule has 0 amide bonds. The van der Waals surface area contributed by atoms with Gasteiger partial charge < -0.3 is 28.6 Å². The lowest BCUT2D eigenvalue weighted by molar-refractivity contribution is -0.0708. The predicted molar refractivity (Wildman–Crippen MR) is 161 cm³/mol. The van der Waals surface area contributed by atoms with Crippen LogP contribution in [0.1, 0.15) is 47.1 Å². The molecule has 1 saturated heterocycles. The minimum absolute atomic E-state index is 0.0696. The molecule has 228 valence electrons. The number of methoxy groups -OCH3 is 1. The number of carbonyl (C=O) groups excluding carboxylic acids is 1. The summed E-state index contributed by atoms with van der Waals surface area (Å²) in [5.74, 6) is -0.537. The largest absolute Gasteiger partial charge is 0.465 e. The zero-order chi connectivity index (χ0) is 30.6. The average Bonchev–Trinajstić information content (AvgIpc) is 3.51. The van der Waals surface area contributed by atoms with Crippen molar-refractivity contribution in [3.8, 4) is 11.5 Å². The maximum absolute atomic E-state index is 14.8. The molecule has 1 fully saturated rings. The first kappa shape index (κ1) is 28.8. The summed E-state index contributed by atoms with van der Waals surface area (Å²) in [6, 6.07) is 15.3. The molecular weight excluding hydrogens is 589 g/mol. The zero-order valence-electron chi connectivity index (χ0n) is 24.3. The van der Waals surface area contributed by atoms with Crippen LogP contribution in [-0.2, 0) is 28.4 Å². The van der Waals surface area contributed by atoms with Crippen LogP contribution in [0.4, 0.5) is 4.39 Å². The third-order valence-corrected chi connectivity index (χ3v) is 8.75. The highest BCUT2D eigenvalue weighted by molar-refractivity contribution is 6.30. The standard InChI is InChI=1S/C33H31ClFN3O6/c1-33(24-8-7-21(34)16-25(24)35)43-28-5-3-4-23(31(28)44-33)19-10-12-37(30(39)15-19)18-29-36-26-9-6-20(32(40)41-2)14-27(26)38(29)17-22-11-13-42-22/h3-9,14-16,22,30,39H,10-13,17-18H2,1-2H3/t22-,30?,33?/m0/s1. The van der Waals surface area contributed by atoms with E-state index < -0.39 is 23.8 Å². The van der Waals surface area contributed by atoms with Crippen LogP contribution in [0.15, 0.2) is 60.7 Å². The molecule has 44 heavy (non-hydrogen) atoms. The van der Waals surface area contributed by atoms with Crippen molar-refractivity contribution in [2.75, 3.05) is 20.3 Å². The Balaban J connectivity index is 1.15. The van der Waals surface area contributed by atoms with Gasteiger partial charge in [-0.25, -0.2) is 14.2 Å².